The topological polar surface area (TPSA) is 86.8 Å². The second kappa shape index (κ2) is 9.73. The predicted octanol–water partition coefficient (Wildman–Crippen LogP) is 2.96. The van der Waals surface area contributed by atoms with Gasteiger partial charge in [-0.15, -0.1) is 0 Å². The van der Waals surface area contributed by atoms with E-state index in [4.69, 9.17) is 0 Å². The first-order valence-corrected chi connectivity index (χ1v) is 12.7. The predicted molar refractivity (Wildman–Crippen MR) is 123 cm³/mol. The van der Waals surface area contributed by atoms with Crippen molar-refractivity contribution in [2.75, 3.05) is 30.5 Å². The number of piperidine rings is 1. The number of para-hydroxylation sites is 1. The average Bonchev–Trinajstić information content (AvgIpc) is 2.84. The fraction of sp³-hybridized carbons (Fsp3) is 0.417. The van der Waals surface area contributed by atoms with Crippen molar-refractivity contribution < 1.29 is 18.0 Å². The van der Waals surface area contributed by atoms with Crippen LogP contribution in [0.3, 0.4) is 0 Å². The summed E-state index contributed by atoms with van der Waals surface area (Å²) >= 11 is 0. The van der Waals surface area contributed by atoms with Gasteiger partial charge in [-0.05, 0) is 61.9 Å². The molecule has 2 aliphatic rings. The SMILES string of the molecule is O=C(NCCC(=O)N1CCCCC1)c1cccc(S(=O)(=O)N2CCCc3ccccc32)c1. The number of aryl methyl sites for hydroxylation is 1. The third kappa shape index (κ3) is 4.80. The molecule has 170 valence electrons. The summed E-state index contributed by atoms with van der Waals surface area (Å²) in [6, 6.07) is 13.6. The molecule has 2 aromatic rings. The Morgan fingerprint density at radius 3 is 2.50 bits per heavy atom. The average molecular weight is 456 g/mol. The van der Waals surface area contributed by atoms with Crippen molar-refractivity contribution in [2.24, 2.45) is 0 Å². The zero-order valence-corrected chi connectivity index (χ0v) is 18.9. The molecule has 0 aromatic heterocycles. The molecular formula is C24H29N3O4S. The number of nitrogens with zero attached hydrogens (tertiary/aromatic N) is 2. The molecule has 0 atom stereocenters. The standard InChI is InChI=1S/C24H29N3O4S/c28-23(26-15-4-1-5-16-26)13-14-25-24(29)20-9-6-11-21(18-20)32(30,31)27-17-7-10-19-8-2-3-12-22(19)27/h2-3,6,8-9,11-12,18H,1,4-5,7,10,13-17H2,(H,25,29). The van der Waals surface area contributed by atoms with Gasteiger partial charge in [-0.3, -0.25) is 13.9 Å². The van der Waals surface area contributed by atoms with E-state index in [1.807, 2.05) is 29.2 Å². The highest BCUT2D eigenvalue weighted by Gasteiger charge is 2.29. The lowest BCUT2D eigenvalue weighted by atomic mass is 10.0. The molecule has 4 rings (SSSR count). The molecular weight excluding hydrogens is 426 g/mol. The molecule has 0 spiro atoms. The minimum Gasteiger partial charge on any atom is -0.352 e. The minimum absolute atomic E-state index is 0.0464. The van der Waals surface area contributed by atoms with E-state index in [-0.39, 0.29) is 35.2 Å². The third-order valence-electron chi connectivity index (χ3n) is 6.09. The summed E-state index contributed by atoms with van der Waals surface area (Å²) in [5.74, 6) is -0.336. The van der Waals surface area contributed by atoms with Crippen LogP contribution in [0.5, 0.6) is 0 Å². The van der Waals surface area contributed by atoms with E-state index in [2.05, 4.69) is 5.32 Å². The number of carbonyl (C=O) groups excluding carboxylic acids is 2. The first-order valence-electron chi connectivity index (χ1n) is 11.2. The molecule has 0 unspecified atom stereocenters. The number of hydrogen-bond donors (Lipinski definition) is 1. The lowest BCUT2D eigenvalue weighted by molar-refractivity contribution is -0.131. The summed E-state index contributed by atoms with van der Waals surface area (Å²) in [6.45, 7) is 2.21. The van der Waals surface area contributed by atoms with E-state index in [9.17, 15) is 18.0 Å². The number of nitrogens with one attached hydrogen (secondary N) is 1. The van der Waals surface area contributed by atoms with Gasteiger partial charge in [0.2, 0.25) is 5.91 Å². The smallest absolute Gasteiger partial charge is 0.264 e. The Balaban J connectivity index is 1.43. The maximum absolute atomic E-state index is 13.3. The molecule has 2 aromatic carbocycles. The van der Waals surface area contributed by atoms with Crippen molar-refractivity contribution in [3.05, 3.63) is 59.7 Å². The van der Waals surface area contributed by atoms with Crippen molar-refractivity contribution in [2.45, 2.75) is 43.4 Å². The zero-order chi connectivity index (χ0) is 22.6. The second-order valence-corrected chi connectivity index (χ2v) is 10.1. The van der Waals surface area contributed by atoms with Crippen LogP contribution in [0.4, 0.5) is 5.69 Å². The van der Waals surface area contributed by atoms with Crippen molar-refractivity contribution >= 4 is 27.5 Å². The van der Waals surface area contributed by atoms with Crippen LogP contribution >= 0.6 is 0 Å². The lowest BCUT2D eigenvalue weighted by Crippen LogP contribution is -2.38. The number of sulfonamides is 1. The van der Waals surface area contributed by atoms with Gasteiger partial charge in [-0.25, -0.2) is 8.42 Å². The molecule has 0 aliphatic carbocycles. The van der Waals surface area contributed by atoms with Crippen LogP contribution in [0.1, 0.15) is 48.0 Å². The molecule has 0 bridgehead atoms. The molecule has 2 heterocycles. The van der Waals surface area contributed by atoms with Crippen LogP contribution in [0, 0.1) is 0 Å². The maximum Gasteiger partial charge on any atom is 0.264 e. The van der Waals surface area contributed by atoms with E-state index < -0.39 is 10.0 Å². The highest BCUT2D eigenvalue weighted by molar-refractivity contribution is 7.92. The Labute approximate surface area is 189 Å². The van der Waals surface area contributed by atoms with Crippen molar-refractivity contribution in [1.29, 1.82) is 0 Å². The summed E-state index contributed by atoms with van der Waals surface area (Å²) in [6.07, 6.45) is 5.06. The number of fused-ring (bicyclic) bond motifs is 1. The maximum atomic E-state index is 13.3. The molecule has 8 heteroatoms. The summed E-state index contributed by atoms with van der Waals surface area (Å²) < 4.78 is 28.1. The molecule has 0 radical (unpaired) electrons. The molecule has 7 nitrogen and oxygen atoms in total. The number of anilines is 1. The Morgan fingerprint density at radius 1 is 0.906 bits per heavy atom. The van der Waals surface area contributed by atoms with E-state index >= 15 is 0 Å². The van der Waals surface area contributed by atoms with Gasteiger partial charge in [0.25, 0.3) is 15.9 Å². The monoisotopic (exact) mass is 455 g/mol. The largest absolute Gasteiger partial charge is 0.352 e. The van der Waals surface area contributed by atoms with Gasteiger partial charge in [-0.2, -0.15) is 0 Å². The van der Waals surface area contributed by atoms with Crippen molar-refractivity contribution in [1.82, 2.24) is 10.2 Å². The molecule has 2 aliphatic heterocycles. The molecule has 1 fully saturated rings. The third-order valence-corrected chi connectivity index (χ3v) is 7.89. The molecule has 32 heavy (non-hydrogen) atoms. The number of hydrogen-bond acceptors (Lipinski definition) is 4. The summed E-state index contributed by atoms with van der Waals surface area (Å²) in [5.41, 5.74) is 1.97. The normalized spacial score (nSPS) is 16.4. The van der Waals surface area contributed by atoms with Crippen LogP contribution < -0.4 is 9.62 Å². The fourth-order valence-electron chi connectivity index (χ4n) is 4.36. The van der Waals surface area contributed by atoms with Crippen LogP contribution in [0.2, 0.25) is 0 Å². The van der Waals surface area contributed by atoms with E-state index in [1.165, 1.54) is 16.4 Å². The van der Waals surface area contributed by atoms with E-state index in [1.54, 1.807) is 12.1 Å². The van der Waals surface area contributed by atoms with Crippen LogP contribution in [-0.4, -0.2) is 51.3 Å². The van der Waals surface area contributed by atoms with Gasteiger partial charge in [0.1, 0.15) is 0 Å². The summed E-state index contributed by atoms with van der Waals surface area (Å²) in [7, 11) is -3.79. The number of likely N-dealkylation sites (tertiary alicyclic amines) is 1. The van der Waals surface area contributed by atoms with Crippen LogP contribution in [-0.2, 0) is 21.2 Å². The zero-order valence-electron chi connectivity index (χ0n) is 18.1. The van der Waals surface area contributed by atoms with Gasteiger partial charge in [0.05, 0.1) is 10.6 Å². The number of amides is 2. The number of benzene rings is 2. The fourth-order valence-corrected chi connectivity index (χ4v) is 5.95. The van der Waals surface area contributed by atoms with Gasteiger partial charge in [0.15, 0.2) is 0 Å². The van der Waals surface area contributed by atoms with Gasteiger partial charge in [-0.1, -0.05) is 24.3 Å². The van der Waals surface area contributed by atoms with Gasteiger partial charge < -0.3 is 10.2 Å². The van der Waals surface area contributed by atoms with Crippen LogP contribution in [0.15, 0.2) is 53.4 Å². The van der Waals surface area contributed by atoms with Crippen molar-refractivity contribution in [3.63, 3.8) is 0 Å². The van der Waals surface area contributed by atoms with Gasteiger partial charge >= 0.3 is 0 Å². The summed E-state index contributed by atoms with van der Waals surface area (Å²) in [4.78, 5) is 26.8. The molecule has 1 N–H and O–H groups in total. The quantitative estimate of drug-likeness (QED) is 0.726. The highest BCUT2D eigenvalue weighted by Crippen LogP contribution is 2.31. The number of carbonyl (C=O) groups is 2. The molecule has 1 saturated heterocycles. The molecule has 2 amide bonds. The van der Waals surface area contributed by atoms with Gasteiger partial charge in [0, 0.05) is 38.2 Å². The van der Waals surface area contributed by atoms with E-state index in [0.29, 0.717) is 12.2 Å². The Hall–Kier alpha value is -2.87. The van der Waals surface area contributed by atoms with E-state index in [0.717, 1.165) is 50.8 Å². The second-order valence-electron chi connectivity index (χ2n) is 8.28. The Kier molecular flexibility index (Phi) is 6.79. The first-order chi connectivity index (χ1) is 15.5. The number of rotatable bonds is 6. The lowest BCUT2D eigenvalue weighted by Gasteiger charge is -2.30. The van der Waals surface area contributed by atoms with Crippen molar-refractivity contribution in [3.8, 4) is 0 Å². The molecule has 0 saturated carbocycles. The Morgan fingerprint density at radius 2 is 1.69 bits per heavy atom. The first kappa shape index (κ1) is 22.3. The highest BCUT2D eigenvalue weighted by atomic mass is 32.2. The minimum atomic E-state index is -3.79. The summed E-state index contributed by atoms with van der Waals surface area (Å²) in [5, 5.41) is 2.75. The van der Waals surface area contributed by atoms with Crippen LogP contribution in [0.25, 0.3) is 0 Å². The Bertz CT molecular complexity index is 1090.